The van der Waals surface area contributed by atoms with Crippen LogP contribution in [0.5, 0.6) is 0 Å². The Labute approximate surface area is 517 Å². The number of fused-ring (bicyclic) bond motifs is 6. The van der Waals surface area contributed by atoms with Crippen LogP contribution in [0.25, 0.3) is 131 Å². The van der Waals surface area contributed by atoms with Gasteiger partial charge in [0.15, 0.2) is 0 Å². The van der Waals surface area contributed by atoms with Crippen LogP contribution in [0.4, 0.5) is 17.1 Å². The molecule has 0 aliphatic carbocycles. The molecule has 15 rings (SSSR count). The minimum atomic E-state index is 1.09. The molecule has 88 heavy (non-hydrogen) atoms. The van der Waals surface area contributed by atoms with Crippen LogP contribution in [-0.4, -0.2) is 0 Å². The first kappa shape index (κ1) is 54.3. The van der Waals surface area contributed by atoms with E-state index < -0.39 is 0 Å². The van der Waals surface area contributed by atoms with E-state index >= 15 is 0 Å². The monoisotopic (exact) mass is 1130 g/mol. The number of nitrogens with zero attached hydrogens (tertiary/aromatic N) is 1. The van der Waals surface area contributed by atoms with Crippen LogP contribution >= 0.6 is 0 Å². The fraction of sp³-hybridized carbons (Fsp3) is 0.103. The molecule has 1 heteroatoms. The third-order valence-corrected chi connectivity index (χ3v) is 19.9. The highest BCUT2D eigenvalue weighted by molar-refractivity contribution is 6.09. The Hall–Kier alpha value is -10.3. The summed E-state index contributed by atoms with van der Waals surface area (Å²) in [5.41, 5.74) is 29.8. The smallest absolute Gasteiger partial charge is 0.0462 e. The number of benzene rings is 15. The van der Waals surface area contributed by atoms with Crippen molar-refractivity contribution < 1.29 is 0 Å². The van der Waals surface area contributed by atoms with Gasteiger partial charge in [-0.2, -0.15) is 0 Å². The van der Waals surface area contributed by atoms with Gasteiger partial charge >= 0.3 is 0 Å². The van der Waals surface area contributed by atoms with Crippen molar-refractivity contribution in [3.05, 3.63) is 305 Å². The summed E-state index contributed by atoms with van der Waals surface area (Å²) in [6.07, 6.45) is 0. The van der Waals surface area contributed by atoms with Crippen LogP contribution < -0.4 is 4.90 Å². The Morgan fingerprint density at radius 1 is 0.159 bits per heavy atom. The highest BCUT2D eigenvalue weighted by Crippen LogP contribution is 2.44. The van der Waals surface area contributed by atoms with Crippen molar-refractivity contribution in [1.29, 1.82) is 0 Å². The average molecular weight is 1130 g/mol. The van der Waals surface area contributed by atoms with Gasteiger partial charge < -0.3 is 4.90 Å². The van der Waals surface area contributed by atoms with E-state index in [1.165, 1.54) is 181 Å². The highest BCUT2D eigenvalue weighted by atomic mass is 15.1. The Bertz CT molecular complexity index is 4800. The number of anilines is 3. The molecule has 0 radical (unpaired) electrons. The first-order valence-corrected chi connectivity index (χ1v) is 31.1. The summed E-state index contributed by atoms with van der Waals surface area (Å²) in [5.74, 6) is 0. The van der Waals surface area contributed by atoms with Crippen molar-refractivity contribution in [3.63, 3.8) is 0 Å². The molecule has 0 aliphatic heterocycles. The molecule has 0 saturated heterocycles. The van der Waals surface area contributed by atoms with Gasteiger partial charge in [0.2, 0.25) is 0 Å². The van der Waals surface area contributed by atoms with Gasteiger partial charge in [-0.1, -0.05) is 200 Å². The topological polar surface area (TPSA) is 3.24 Å². The molecule has 422 valence electrons. The predicted octanol–water partition coefficient (Wildman–Crippen LogP) is 24.9. The second-order valence-corrected chi connectivity index (χ2v) is 24.6. The summed E-state index contributed by atoms with van der Waals surface area (Å²) in [5, 5.41) is 15.9. The quantitative estimate of drug-likeness (QED) is 0.130. The maximum absolute atomic E-state index is 2.41. The molecule has 0 fully saturated rings. The summed E-state index contributed by atoms with van der Waals surface area (Å²) >= 11 is 0. The molecule has 0 unspecified atom stereocenters. The third-order valence-electron chi connectivity index (χ3n) is 19.9. The maximum atomic E-state index is 2.41. The number of aryl methyl sites for hydroxylation is 6. The third kappa shape index (κ3) is 8.90. The molecule has 0 heterocycles. The molecule has 0 saturated carbocycles. The van der Waals surface area contributed by atoms with Gasteiger partial charge in [-0.3, -0.25) is 0 Å². The van der Waals surface area contributed by atoms with E-state index in [0.717, 1.165) is 17.1 Å². The van der Waals surface area contributed by atoms with Crippen molar-refractivity contribution in [1.82, 2.24) is 0 Å². The van der Waals surface area contributed by atoms with Crippen molar-refractivity contribution in [2.24, 2.45) is 0 Å². The molecule has 0 aromatic heterocycles. The minimum absolute atomic E-state index is 1.09. The Kier molecular flexibility index (Phi) is 13.3. The van der Waals surface area contributed by atoms with Gasteiger partial charge in [0.05, 0.1) is 0 Å². The van der Waals surface area contributed by atoms with Gasteiger partial charge in [-0.25, -0.2) is 0 Å². The molecule has 0 spiro atoms. The maximum Gasteiger partial charge on any atom is 0.0462 e. The molecular formula is C87H69N. The Morgan fingerprint density at radius 2 is 0.352 bits per heavy atom. The average Bonchev–Trinajstić information content (AvgIpc) is 1.10. The van der Waals surface area contributed by atoms with E-state index in [9.17, 15) is 0 Å². The van der Waals surface area contributed by atoms with Crippen LogP contribution in [0.1, 0.15) is 50.1 Å². The van der Waals surface area contributed by atoms with Crippen LogP contribution in [0.3, 0.4) is 0 Å². The molecule has 0 atom stereocenters. The lowest BCUT2D eigenvalue weighted by Gasteiger charge is -2.26. The second-order valence-electron chi connectivity index (χ2n) is 24.6. The normalized spacial score (nSPS) is 11.7. The summed E-state index contributed by atoms with van der Waals surface area (Å²) in [6, 6.07) is 95.5. The predicted molar refractivity (Wildman–Crippen MR) is 381 cm³/mol. The van der Waals surface area contributed by atoms with Gasteiger partial charge in [-0.15, -0.1) is 0 Å². The lowest BCUT2D eigenvalue weighted by molar-refractivity contribution is 1.28. The molecule has 0 aliphatic rings. The van der Waals surface area contributed by atoms with E-state index in [0.29, 0.717) is 0 Å². The zero-order valence-electron chi connectivity index (χ0n) is 51.7. The Morgan fingerprint density at radius 3 is 0.591 bits per heavy atom. The van der Waals surface area contributed by atoms with Crippen molar-refractivity contribution in [2.75, 3.05) is 4.90 Å². The van der Waals surface area contributed by atoms with Gasteiger partial charge in [0, 0.05) is 17.1 Å². The molecule has 0 bridgehead atoms. The second kappa shape index (κ2) is 21.6. The lowest BCUT2D eigenvalue weighted by Crippen LogP contribution is -2.10. The van der Waals surface area contributed by atoms with E-state index in [1.807, 2.05) is 0 Å². The van der Waals surface area contributed by atoms with Crippen LogP contribution in [-0.2, 0) is 0 Å². The van der Waals surface area contributed by atoms with Crippen LogP contribution in [0.2, 0.25) is 0 Å². The molecule has 0 N–H and O–H groups in total. The number of hydrogen-bond acceptors (Lipinski definition) is 1. The van der Waals surface area contributed by atoms with E-state index in [2.05, 4.69) is 322 Å². The SMILES string of the molecule is Cc1c(-c2ccc(N(c3ccc(-c4cccc(-c5ccc6c(C)c7ccccc7c(C)c6c5)c4C)cc3)c3ccc(-c4cccc(-c5ccc6c(C)c7ccccc7c(C)c6c5)c4C)cc3)cc2)cccc1-c1ccc2c(C)c3ccccc3c(C)c2c1. The summed E-state index contributed by atoms with van der Waals surface area (Å²) in [4.78, 5) is 2.41. The fourth-order valence-electron chi connectivity index (χ4n) is 14.9. The van der Waals surface area contributed by atoms with E-state index in [1.54, 1.807) is 0 Å². The van der Waals surface area contributed by atoms with Crippen molar-refractivity contribution in [2.45, 2.75) is 62.3 Å². The standard InChI is InChI=1S/C87H69N/c1-52-70(25-16-28-73(52)64-37-46-82-55(4)76-19-10-13-22-79(76)58(7)85(82)49-64)61-31-40-67(41-32-61)88(68-42-33-62(34-43-68)71-26-17-29-74(53(71)2)65-38-47-83-56(5)77-20-11-14-23-80(77)59(8)86(83)50-65)69-44-35-63(36-45-69)72-27-18-30-75(54(72)3)66-39-48-84-57(6)78-21-12-15-24-81(78)60(9)87(84)51-66/h10-51H,1-9H3. The van der Waals surface area contributed by atoms with Crippen molar-refractivity contribution in [3.8, 4) is 66.8 Å². The summed E-state index contributed by atoms with van der Waals surface area (Å²) in [6.45, 7) is 20.4. The zero-order chi connectivity index (χ0) is 60.1. The summed E-state index contributed by atoms with van der Waals surface area (Å²) in [7, 11) is 0. The molecular weight excluding hydrogens is 1060 g/mol. The van der Waals surface area contributed by atoms with E-state index in [4.69, 9.17) is 0 Å². The van der Waals surface area contributed by atoms with Gasteiger partial charge in [-0.05, 0) is 298 Å². The zero-order valence-corrected chi connectivity index (χ0v) is 51.7. The molecule has 0 amide bonds. The minimum Gasteiger partial charge on any atom is -0.311 e. The van der Waals surface area contributed by atoms with Crippen molar-refractivity contribution >= 4 is 81.7 Å². The first-order chi connectivity index (χ1) is 42.9. The van der Waals surface area contributed by atoms with Gasteiger partial charge in [0.1, 0.15) is 0 Å². The lowest BCUT2D eigenvalue weighted by atomic mass is 9.88. The van der Waals surface area contributed by atoms with Gasteiger partial charge in [0.25, 0.3) is 0 Å². The molecule has 15 aromatic rings. The van der Waals surface area contributed by atoms with Crippen LogP contribution in [0, 0.1) is 62.3 Å². The number of hydrogen-bond donors (Lipinski definition) is 0. The molecule has 1 nitrogen and oxygen atoms in total. The molecule has 15 aromatic carbocycles. The largest absolute Gasteiger partial charge is 0.311 e. The van der Waals surface area contributed by atoms with Crippen LogP contribution in [0.15, 0.2) is 255 Å². The highest BCUT2D eigenvalue weighted by Gasteiger charge is 2.20. The first-order valence-electron chi connectivity index (χ1n) is 31.1. The Balaban J connectivity index is 0.790. The summed E-state index contributed by atoms with van der Waals surface area (Å²) < 4.78 is 0. The van der Waals surface area contributed by atoms with E-state index in [-0.39, 0.29) is 0 Å². The fourth-order valence-corrected chi connectivity index (χ4v) is 14.9. The number of rotatable bonds is 9.